The normalized spacial score (nSPS) is 19.7. The van der Waals surface area contributed by atoms with Gasteiger partial charge in [-0.1, -0.05) is 72.8 Å². The molecule has 0 aromatic heterocycles. The van der Waals surface area contributed by atoms with Gasteiger partial charge < -0.3 is 25.2 Å². The number of carbonyl (C=O) groups is 1. The van der Waals surface area contributed by atoms with Gasteiger partial charge in [-0.15, -0.1) is 0 Å². The summed E-state index contributed by atoms with van der Waals surface area (Å²) in [6.45, 7) is 5.41. The fraction of sp³-hybridized carbons (Fsp3) is 0.324. The SMILES string of the molecule is CCNC(=O)Nc1ccc([C@@H]2O[C@H](CN(C)[C@H](C)c3ccc4ccccc4c3)C[C@H](c3ccc(CO)cc3)O2)cc1. The molecule has 214 valence electrons. The Bertz CT molecular complexity index is 1440. The number of carbonyl (C=O) groups excluding carboxylic acids is 1. The molecule has 4 aromatic rings. The lowest BCUT2D eigenvalue weighted by Crippen LogP contribution is -2.38. The summed E-state index contributed by atoms with van der Waals surface area (Å²) in [4.78, 5) is 14.3. The third-order valence-corrected chi connectivity index (χ3v) is 7.80. The predicted molar refractivity (Wildman–Crippen MR) is 163 cm³/mol. The number of anilines is 1. The molecule has 2 amide bonds. The van der Waals surface area contributed by atoms with Crippen molar-refractivity contribution >= 4 is 22.5 Å². The van der Waals surface area contributed by atoms with Gasteiger partial charge in [-0.3, -0.25) is 4.90 Å². The van der Waals surface area contributed by atoms with Gasteiger partial charge in [-0.2, -0.15) is 0 Å². The van der Waals surface area contributed by atoms with E-state index < -0.39 is 6.29 Å². The van der Waals surface area contributed by atoms with Crippen molar-refractivity contribution < 1.29 is 19.4 Å². The molecule has 41 heavy (non-hydrogen) atoms. The van der Waals surface area contributed by atoms with Crippen LogP contribution in [0.3, 0.4) is 0 Å². The Morgan fingerprint density at radius 1 is 0.951 bits per heavy atom. The molecule has 1 aliphatic rings. The standard InChI is InChI=1S/C34H39N3O4/c1-4-35-34(39)36-30-17-15-27(16-18-30)33-40-31(20-32(41-33)26-11-9-24(22-38)10-12-26)21-37(3)23(2)28-14-13-25-7-5-6-8-29(25)19-28/h5-19,23,31-33,38H,4,20-22H2,1-3H3,(H2,35,36,39)/t23-,31+,32-,33-/m1/s1. The number of nitrogens with one attached hydrogen (secondary N) is 2. The molecule has 3 N–H and O–H groups in total. The Hall–Kier alpha value is -3.75. The number of hydrogen-bond acceptors (Lipinski definition) is 5. The molecule has 0 bridgehead atoms. The van der Waals surface area contributed by atoms with Crippen LogP contribution in [0.25, 0.3) is 10.8 Å². The molecule has 1 aliphatic heterocycles. The first-order valence-corrected chi connectivity index (χ1v) is 14.3. The fourth-order valence-electron chi connectivity index (χ4n) is 5.29. The highest BCUT2D eigenvalue weighted by Gasteiger charge is 2.33. The molecule has 1 saturated heterocycles. The van der Waals surface area contributed by atoms with Gasteiger partial charge in [0.15, 0.2) is 6.29 Å². The van der Waals surface area contributed by atoms with E-state index in [4.69, 9.17) is 9.47 Å². The first kappa shape index (κ1) is 28.8. The van der Waals surface area contributed by atoms with Crippen molar-refractivity contribution in [2.75, 3.05) is 25.5 Å². The minimum atomic E-state index is -0.556. The number of aliphatic hydroxyl groups excluding tert-OH is 1. The second-order valence-electron chi connectivity index (χ2n) is 10.7. The molecule has 0 saturated carbocycles. The molecule has 0 radical (unpaired) electrons. The van der Waals surface area contributed by atoms with E-state index in [1.54, 1.807) is 0 Å². The first-order chi connectivity index (χ1) is 19.9. The summed E-state index contributed by atoms with van der Waals surface area (Å²) < 4.78 is 13.0. The lowest BCUT2D eigenvalue weighted by atomic mass is 9.98. The van der Waals surface area contributed by atoms with Crippen LogP contribution in [0.4, 0.5) is 10.5 Å². The largest absolute Gasteiger partial charge is 0.392 e. The molecule has 5 rings (SSSR count). The number of amides is 2. The molecule has 1 fully saturated rings. The number of ether oxygens (including phenoxy) is 2. The number of urea groups is 1. The van der Waals surface area contributed by atoms with Crippen molar-refractivity contribution in [3.8, 4) is 0 Å². The Labute approximate surface area is 242 Å². The molecule has 1 heterocycles. The van der Waals surface area contributed by atoms with Crippen LogP contribution in [0.15, 0.2) is 91.0 Å². The second kappa shape index (κ2) is 13.3. The third-order valence-electron chi connectivity index (χ3n) is 7.80. The maximum Gasteiger partial charge on any atom is 0.319 e. The molecule has 0 aliphatic carbocycles. The van der Waals surface area contributed by atoms with E-state index in [1.807, 2.05) is 55.5 Å². The number of likely N-dealkylation sites (N-methyl/N-ethyl adjacent to an activating group) is 1. The van der Waals surface area contributed by atoms with E-state index in [2.05, 4.69) is 72.0 Å². The van der Waals surface area contributed by atoms with Crippen molar-refractivity contribution in [3.63, 3.8) is 0 Å². The Morgan fingerprint density at radius 3 is 2.37 bits per heavy atom. The summed E-state index contributed by atoms with van der Waals surface area (Å²) in [7, 11) is 2.14. The zero-order chi connectivity index (χ0) is 28.8. The topological polar surface area (TPSA) is 83.1 Å². The first-order valence-electron chi connectivity index (χ1n) is 14.3. The van der Waals surface area contributed by atoms with Gasteiger partial charge in [0.05, 0.1) is 18.8 Å². The van der Waals surface area contributed by atoms with Crippen molar-refractivity contribution in [2.45, 2.75) is 51.4 Å². The highest BCUT2D eigenvalue weighted by atomic mass is 16.7. The molecular weight excluding hydrogens is 514 g/mol. The summed E-state index contributed by atoms with van der Waals surface area (Å²) in [5.74, 6) is 0. The van der Waals surface area contributed by atoms with Crippen LogP contribution in [0.2, 0.25) is 0 Å². The predicted octanol–water partition coefficient (Wildman–Crippen LogP) is 6.71. The van der Waals surface area contributed by atoms with E-state index in [0.29, 0.717) is 18.7 Å². The minimum Gasteiger partial charge on any atom is -0.392 e. The van der Waals surface area contributed by atoms with E-state index in [-0.39, 0.29) is 30.9 Å². The molecule has 7 nitrogen and oxygen atoms in total. The smallest absolute Gasteiger partial charge is 0.319 e. The minimum absolute atomic E-state index is 0.00822. The van der Waals surface area contributed by atoms with Crippen molar-refractivity contribution in [2.24, 2.45) is 0 Å². The molecule has 4 aromatic carbocycles. The third kappa shape index (κ3) is 7.13. The van der Waals surface area contributed by atoms with Gasteiger partial charge in [0.25, 0.3) is 0 Å². The lowest BCUT2D eigenvalue weighted by molar-refractivity contribution is -0.253. The number of hydrogen-bond donors (Lipinski definition) is 3. The highest BCUT2D eigenvalue weighted by molar-refractivity contribution is 5.89. The van der Waals surface area contributed by atoms with Crippen LogP contribution in [-0.2, 0) is 16.1 Å². The van der Waals surface area contributed by atoms with Crippen LogP contribution in [0.1, 0.15) is 61.0 Å². The lowest BCUT2D eigenvalue weighted by Gasteiger charge is -2.39. The van der Waals surface area contributed by atoms with Crippen molar-refractivity contribution in [1.29, 1.82) is 0 Å². The van der Waals surface area contributed by atoms with Crippen molar-refractivity contribution in [1.82, 2.24) is 10.2 Å². The van der Waals surface area contributed by atoms with Gasteiger partial charge in [0.1, 0.15) is 0 Å². The maximum atomic E-state index is 11.9. The number of benzene rings is 4. The van der Waals surface area contributed by atoms with E-state index in [9.17, 15) is 9.90 Å². The Morgan fingerprint density at radius 2 is 1.66 bits per heavy atom. The molecular formula is C34H39N3O4. The van der Waals surface area contributed by atoms with Crippen LogP contribution in [-0.4, -0.2) is 42.3 Å². The summed E-state index contributed by atoms with van der Waals surface area (Å²) in [5.41, 5.74) is 4.78. The van der Waals surface area contributed by atoms with Gasteiger partial charge >= 0.3 is 6.03 Å². The zero-order valence-corrected chi connectivity index (χ0v) is 23.9. The number of aliphatic hydroxyl groups is 1. The van der Waals surface area contributed by atoms with Gasteiger partial charge in [-0.05, 0) is 66.6 Å². The van der Waals surface area contributed by atoms with Crippen molar-refractivity contribution in [3.05, 3.63) is 113 Å². The Balaban J connectivity index is 1.33. The summed E-state index contributed by atoms with van der Waals surface area (Å²) >= 11 is 0. The molecule has 4 atom stereocenters. The fourth-order valence-corrected chi connectivity index (χ4v) is 5.29. The van der Waals surface area contributed by atoms with E-state index in [0.717, 1.165) is 23.2 Å². The number of nitrogens with zero attached hydrogens (tertiary/aromatic N) is 1. The summed E-state index contributed by atoms with van der Waals surface area (Å²) in [6.07, 6.45) is -0.0823. The second-order valence-corrected chi connectivity index (χ2v) is 10.7. The molecule has 7 heteroatoms. The van der Waals surface area contributed by atoms with Gasteiger partial charge in [0.2, 0.25) is 0 Å². The highest BCUT2D eigenvalue weighted by Crippen LogP contribution is 2.39. The average Bonchev–Trinajstić information content (AvgIpc) is 3.00. The van der Waals surface area contributed by atoms with Gasteiger partial charge in [-0.25, -0.2) is 4.79 Å². The van der Waals surface area contributed by atoms with Gasteiger partial charge in [0, 0.05) is 36.8 Å². The monoisotopic (exact) mass is 553 g/mol. The molecule has 0 unspecified atom stereocenters. The van der Waals surface area contributed by atoms with E-state index in [1.165, 1.54) is 16.3 Å². The zero-order valence-electron chi connectivity index (χ0n) is 23.9. The van der Waals surface area contributed by atoms with Crippen LogP contribution in [0, 0.1) is 0 Å². The Kier molecular flexibility index (Phi) is 9.31. The number of fused-ring (bicyclic) bond motifs is 1. The molecule has 0 spiro atoms. The van der Waals surface area contributed by atoms with Crippen LogP contribution in [0.5, 0.6) is 0 Å². The maximum absolute atomic E-state index is 11.9. The van der Waals surface area contributed by atoms with Crippen LogP contribution >= 0.6 is 0 Å². The average molecular weight is 554 g/mol. The summed E-state index contributed by atoms with van der Waals surface area (Å²) in [6, 6.07) is 30.6. The summed E-state index contributed by atoms with van der Waals surface area (Å²) in [5, 5.41) is 17.5. The van der Waals surface area contributed by atoms with E-state index >= 15 is 0 Å². The number of rotatable bonds is 9. The quantitative estimate of drug-likeness (QED) is 0.215. The van der Waals surface area contributed by atoms with Crippen LogP contribution < -0.4 is 10.6 Å².